The molecule has 0 radical (unpaired) electrons. The van der Waals surface area contributed by atoms with Crippen LogP contribution in [0, 0.1) is 11.8 Å². The molecule has 1 amide bonds. The Morgan fingerprint density at radius 1 is 0.977 bits per heavy atom. The number of aliphatic hydroxyl groups excluding tert-OH is 4. The van der Waals surface area contributed by atoms with Gasteiger partial charge in [0.25, 0.3) is 5.91 Å². The first-order chi connectivity index (χ1) is 20.4. The predicted molar refractivity (Wildman–Crippen MR) is 152 cm³/mol. The zero-order valence-electron chi connectivity index (χ0n) is 24.4. The first-order valence-electron chi connectivity index (χ1n) is 15.5. The third kappa shape index (κ3) is 6.73. The number of hydrogen-bond acceptors (Lipinski definition) is 15. The molecule has 5 rings (SSSR count). The van der Waals surface area contributed by atoms with Crippen LogP contribution in [-0.2, 0) is 19.0 Å². The maximum absolute atomic E-state index is 13.0. The Balaban J connectivity index is 1.38. The van der Waals surface area contributed by atoms with Crippen LogP contribution in [-0.4, -0.2) is 142 Å². The highest BCUT2D eigenvalue weighted by atomic mass is 16.7. The molecule has 2 saturated heterocycles. The van der Waals surface area contributed by atoms with Crippen molar-refractivity contribution in [1.29, 1.82) is 0 Å². The van der Waals surface area contributed by atoms with E-state index in [2.05, 4.69) is 10.6 Å². The Kier molecular flexibility index (Phi) is 10.3. The largest absolute Gasteiger partial charge is 0.394 e. The van der Waals surface area contributed by atoms with E-state index in [-0.39, 0.29) is 31.0 Å². The fraction of sp³-hybridized carbons (Fsp3) is 0.963. The second kappa shape index (κ2) is 13.3. The standard InChI is InChI=1S/C27H51N7O9/c28-7-12-1-2-14(33-8-10-3-11(29)4-10)23(41-12)18-13(30)5-15(34-26(39)27(40)6-17(27)31)24(21(18)37)43-25-22(38)19(32)20(36)16(9-35)42-25/h10-25,33,35-38,40H,1-9,28-32H2,(H,34,39). The molecule has 16 nitrogen and oxygen atoms in total. The summed E-state index contributed by atoms with van der Waals surface area (Å²) >= 11 is 0. The Labute approximate surface area is 250 Å². The van der Waals surface area contributed by atoms with Gasteiger partial charge in [0, 0.05) is 43.1 Å². The highest BCUT2D eigenvalue weighted by Gasteiger charge is 2.59. The molecule has 15 unspecified atom stereocenters. The molecular formula is C27H51N7O9. The number of carbonyl (C=O) groups excluding carboxylic acids is 1. The minimum absolute atomic E-state index is 0.0827. The molecule has 0 bridgehead atoms. The number of nitrogens with two attached hydrogens (primary N) is 5. The molecule has 0 aromatic heterocycles. The summed E-state index contributed by atoms with van der Waals surface area (Å²) in [4.78, 5) is 13.0. The van der Waals surface area contributed by atoms with Crippen LogP contribution < -0.4 is 39.3 Å². The fourth-order valence-electron chi connectivity index (χ4n) is 7.20. The van der Waals surface area contributed by atoms with E-state index >= 15 is 0 Å². The van der Waals surface area contributed by atoms with Gasteiger partial charge in [-0.3, -0.25) is 4.79 Å². The van der Waals surface area contributed by atoms with Crippen molar-refractivity contribution in [1.82, 2.24) is 10.6 Å². The van der Waals surface area contributed by atoms with E-state index < -0.39 is 91.1 Å². The van der Waals surface area contributed by atoms with Crippen molar-refractivity contribution in [3.8, 4) is 0 Å². The van der Waals surface area contributed by atoms with E-state index in [1.165, 1.54) is 0 Å². The smallest absolute Gasteiger partial charge is 0.253 e. The number of rotatable bonds is 10. The minimum Gasteiger partial charge on any atom is -0.394 e. The van der Waals surface area contributed by atoms with Crippen LogP contribution in [0.5, 0.6) is 0 Å². The van der Waals surface area contributed by atoms with Gasteiger partial charge in [-0.05, 0) is 44.6 Å². The Bertz CT molecular complexity index is 964. The summed E-state index contributed by atoms with van der Waals surface area (Å²) in [7, 11) is 0. The summed E-state index contributed by atoms with van der Waals surface area (Å²) in [5.74, 6) is -0.960. The van der Waals surface area contributed by atoms with Crippen LogP contribution in [0.25, 0.3) is 0 Å². The van der Waals surface area contributed by atoms with Crippen LogP contribution in [0.4, 0.5) is 0 Å². The molecule has 0 spiro atoms. The van der Waals surface area contributed by atoms with Gasteiger partial charge < -0.3 is 79.0 Å². The average Bonchev–Trinajstić information content (AvgIpc) is 3.59. The third-order valence-corrected chi connectivity index (χ3v) is 10.2. The predicted octanol–water partition coefficient (Wildman–Crippen LogP) is -6.01. The van der Waals surface area contributed by atoms with Gasteiger partial charge in [0.1, 0.15) is 24.4 Å². The van der Waals surface area contributed by atoms with Gasteiger partial charge >= 0.3 is 0 Å². The second-order valence-electron chi connectivity index (χ2n) is 13.3. The number of ether oxygens (including phenoxy) is 3. The van der Waals surface area contributed by atoms with E-state index in [1.807, 2.05) is 0 Å². The van der Waals surface area contributed by atoms with Crippen molar-refractivity contribution in [3.05, 3.63) is 0 Å². The molecule has 0 aromatic carbocycles. The van der Waals surface area contributed by atoms with Crippen molar-refractivity contribution >= 4 is 5.91 Å². The van der Waals surface area contributed by atoms with Crippen molar-refractivity contribution < 1.29 is 44.5 Å². The molecule has 2 heterocycles. The lowest BCUT2D eigenvalue weighted by Crippen LogP contribution is -2.70. The highest BCUT2D eigenvalue weighted by molar-refractivity contribution is 5.89. The molecular weight excluding hydrogens is 566 g/mol. The van der Waals surface area contributed by atoms with Gasteiger partial charge in [0.05, 0.1) is 37.0 Å². The van der Waals surface area contributed by atoms with Gasteiger partial charge in [-0.2, -0.15) is 0 Å². The summed E-state index contributed by atoms with van der Waals surface area (Å²) in [5.41, 5.74) is 28.7. The van der Waals surface area contributed by atoms with E-state index in [0.29, 0.717) is 12.5 Å². The first-order valence-corrected chi connectivity index (χ1v) is 15.5. The molecule has 248 valence electrons. The van der Waals surface area contributed by atoms with Crippen LogP contribution >= 0.6 is 0 Å². The first kappa shape index (κ1) is 33.3. The molecule has 43 heavy (non-hydrogen) atoms. The average molecular weight is 618 g/mol. The summed E-state index contributed by atoms with van der Waals surface area (Å²) in [6.45, 7) is 0.440. The molecule has 0 aromatic rings. The van der Waals surface area contributed by atoms with Crippen LogP contribution in [0.2, 0.25) is 0 Å². The Hall–Kier alpha value is -1.09. The van der Waals surface area contributed by atoms with E-state index in [0.717, 1.165) is 32.2 Å². The zero-order chi connectivity index (χ0) is 31.2. The van der Waals surface area contributed by atoms with Gasteiger partial charge in [0.2, 0.25) is 0 Å². The molecule has 15 atom stereocenters. The maximum Gasteiger partial charge on any atom is 0.253 e. The minimum atomic E-state index is -1.74. The topological polar surface area (TPSA) is 300 Å². The van der Waals surface area contributed by atoms with Crippen molar-refractivity contribution in [3.63, 3.8) is 0 Å². The van der Waals surface area contributed by atoms with Gasteiger partial charge in [-0.1, -0.05) is 0 Å². The second-order valence-corrected chi connectivity index (χ2v) is 13.3. The number of carbonyl (C=O) groups is 1. The SMILES string of the molecule is NCC1CCC(NCC2CC(N)C2)C(C2C(N)CC(NC(=O)C3(O)CC3N)C(OC3OC(CO)C(O)C(N)C3O)C2O)O1. The van der Waals surface area contributed by atoms with E-state index in [1.54, 1.807) is 0 Å². The number of hydrogen-bond donors (Lipinski definition) is 12. The van der Waals surface area contributed by atoms with Gasteiger partial charge in [0.15, 0.2) is 11.9 Å². The maximum atomic E-state index is 13.0. The molecule has 16 heteroatoms. The monoisotopic (exact) mass is 617 g/mol. The number of aliphatic hydroxyl groups is 5. The summed E-state index contributed by atoms with van der Waals surface area (Å²) in [6, 6.07) is -3.47. The molecule has 3 saturated carbocycles. The number of nitrogens with one attached hydrogen (secondary N) is 2. The zero-order valence-corrected chi connectivity index (χ0v) is 24.4. The summed E-state index contributed by atoms with van der Waals surface area (Å²) < 4.78 is 18.2. The summed E-state index contributed by atoms with van der Waals surface area (Å²) in [5, 5.41) is 59.6. The Morgan fingerprint density at radius 3 is 2.28 bits per heavy atom. The van der Waals surface area contributed by atoms with Crippen LogP contribution in [0.15, 0.2) is 0 Å². The van der Waals surface area contributed by atoms with Crippen LogP contribution in [0.1, 0.15) is 38.5 Å². The van der Waals surface area contributed by atoms with Crippen molar-refractivity contribution in [2.75, 3.05) is 19.7 Å². The van der Waals surface area contributed by atoms with Gasteiger partial charge in [-0.25, -0.2) is 0 Å². The molecule has 17 N–H and O–H groups in total. The normalized spacial score (nSPS) is 51.9. The van der Waals surface area contributed by atoms with E-state index in [9.17, 15) is 30.3 Å². The molecule has 5 aliphatic rings. The third-order valence-electron chi connectivity index (χ3n) is 10.2. The Morgan fingerprint density at radius 2 is 1.67 bits per heavy atom. The van der Waals surface area contributed by atoms with Gasteiger partial charge in [-0.15, -0.1) is 0 Å². The molecule has 2 aliphatic heterocycles. The van der Waals surface area contributed by atoms with Crippen molar-refractivity contribution in [2.45, 2.75) is 129 Å². The quantitative estimate of drug-likeness (QED) is 0.109. The van der Waals surface area contributed by atoms with Crippen molar-refractivity contribution in [2.24, 2.45) is 40.5 Å². The molecule has 5 fully saturated rings. The fourth-order valence-corrected chi connectivity index (χ4v) is 7.20. The lowest BCUT2D eigenvalue weighted by Gasteiger charge is -2.51. The summed E-state index contributed by atoms with van der Waals surface area (Å²) in [6.07, 6.45) is -5.29. The number of amides is 1. The van der Waals surface area contributed by atoms with Crippen LogP contribution in [0.3, 0.4) is 0 Å². The molecule has 3 aliphatic carbocycles. The lowest BCUT2D eigenvalue weighted by atomic mass is 9.71. The van der Waals surface area contributed by atoms with E-state index in [4.69, 9.17) is 42.9 Å². The lowest BCUT2D eigenvalue weighted by molar-refractivity contribution is -0.306. The highest BCUT2D eigenvalue weighted by Crippen LogP contribution is 2.39.